The monoisotopic (exact) mass is 309 g/mol. The van der Waals surface area contributed by atoms with E-state index in [1.54, 1.807) is 4.90 Å². The van der Waals surface area contributed by atoms with Gasteiger partial charge in [0.05, 0.1) is 12.2 Å². The molecule has 21 heavy (non-hydrogen) atoms. The zero-order valence-corrected chi connectivity index (χ0v) is 13.9. The number of hydrogen-bond acceptors (Lipinski definition) is 3. The van der Waals surface area contributed by atoms with Crippen molar-refractivity contribution in [1.82, 2.24) is 4.90 Å². The molecule has 0 bridgehead atoms. The van der Waals surface area contributed by atoms with Gasteiger partial charge in [-0.25, -0.2) is 0 Å². The molecule has 0 saturated heterocycles. The maximum absolute atomic E-state index is 12.4. The molecule has 4 nitrogen and oxygen atoms in total. The molecule has 0 unspecified atom stereocenters. The van der Waals surface area contributed by atoms with Crippen LogP contribution in [0.2, 0.25) is 0 Å². The molecule has 116 valence electrons. The summed E-state index contributed by atoms with van der Waals surface area (Å²) < 4.78 is 0. The van der Waals surface area contributed by atoms with Crippen LogP contribution >= 0.6 is 11.8 Å². The number of carboxylic acids is 1. The predicted octanol–water partition coefficient (Wildman–Crippen LogP) is 3.19. The van der Waals surface area contributed by atoms with Gasteiger partial charge >= 0.3 is 5.97 Å². The SMILES string of the molecule is Cc1ccc(SCC(=O)N(CCC(=O)O)C(C)(C)C)cc1. The van der Waals surface area contributed by atoms with E-state index in [9.17, 15) is 9.59 Å². The van der Waals surface area contributed by atoms with E-state index in [1.165, 1.54) is 17.3 Å². The van der Waals surface area contributed by atoms with E-state index < -0.39 is 5.97 Å². The van der Waals surface area contributed by atoms with Gasteiger partial charge in [-0.15, -0.1) is 11.8 Å². The van der Waals surface area contributed by atoms with Crippen molar-refractivity contribution in [3.63, 3.8) is 0 Å². The molecule has 0 aromatic heterocycles. The van der Waals surface area contributed by atoms with Crippen molar-refractivity contribution in [2.45, 2.75) is 44.6 Å². The summed E-state index contributed by atoms with van der Waals surface area (Å²) in [7, 11) is 0. The minimum atomic E-state index is -0.886. The first-order chi connectivity index (χ1) is 9.70. The molecule has 0 radical (unpaired) electrons. The van der Waals surface area contributed by atoms with Crippen LogP contribution in [-0.4, -0.2) is 39.7 Å². The first-order valence-electron chi connectivity index (χ1n) is 6.92. The van der Waals surface area contributed by atoms with E-state index in [2.05, 4.69) is 0 Å². The normalized spacial score (nSPS) is 11.2. The quantitative estimate of drug-likeness (QED) is 0.820. The van der Waals surface area contributed by atoms with Crippen molar-refractivity contribution in [1.29, 1.82) is 0 Å². The zero-order chi connectivity index (χ0) is 16.0. The van der Waals surface area contributed by atoms with Crippen molar-refractivity contribution in [3.05, 3.63) is 29.8 Å². The third kappa shape index (κ3) is 6.21. The molecule has 0 atom stereocenters. The first-order valence-corrected chi connectivity index (χ1v) is 7.90. The van der Waals surface area contributed by atoms with Gasteiger partial charge in [-0.1, -0.05) is 17.7 Å². The molecule has 0 fully saturated rings. The molecule has 0 spiro atoms. The number of rotatable bonds is 6. The fourth-order valence-corrected chi connectivity index (χ4v) is 2.67. The second-order valence-electron chi connectivity index (χ2n) is 5.96. The van der Waals surface area contributed by atoms with E-state index in [0.29, 0.717) is 5.75 Å². The van der Waals surface area contributed by atoms with Gasteiger partial charge in [-0.05, 0) is 39.8 Å². The van der Waals surface area contributed by atoms with E-state index in [0.717, 1.165) is 4.90 Å². The summed E-state index contributed by atoms with van der Waals surface area (Å²) in [5, 5.41) is 8.80. The minimum Gasteiger partial charge on any atom is -0.481 e. The summed E-state index contributed by atoms with van der Waals surface area (Å²) >= 11 is 1.48. The van der Waals surface area contributed by atoms with Crippen molar-refractivity contribution in [2.75, 3.05) is 12.3 Å². The van der Waals surface area contributed by atoms with Gasteiger partial charge in [-0.3, -0.25) is 9.59 Å². The number of benzene rings is 1. The maximum Gasteiger partial charge on any atom is 0.305 e. The second-order valence-corrected chi connectivity index (χ2v) is 7.01. The molecular formula is C16H23NO3S. The van der Waals surface area contributed by atoms with Crippen molar-refractivity contribution in [3.8, 4) is 0 Å². The number of carbonyl (C=O) groups is 2. The first kappa shape index (κ1) is 17.6. The van der Waals surface area contributed by atoms with Crippen LogP contribution < -0.4 is 0 Å². The fourth-order valence-electron chi connectivity index (χ4n) is 1.90. The standard InChI is InChI=1S/C16H23NO3S/c1-12-5-7-13(8-6-12)21-11-14(18)17(16(2,3)4)10-9-15(19)20/h5-8H,9-11H2,1-4H3,(H,19,20). The number of carbonyl (C=O) groups excluding carboxylic acids is 1. The Bertz CT molecular complexity index is 491. The lowest BCUT2D eigenvalue weighted by molar-refractivity contribution is -0.139. The summed E-state index contributed by atoms with van der Waals surface area (Å²) in [6, 6.07) is 8.01. The lowest BCUT2D eigenvalue weighted by Gasteiger charge is -2.35. The summed E-state index contributed by atoms with van der Waals surface area (Å²) in [5.74, 6) is -0.600. The Morgan fingerprint density at radius 2 is 1.76 bits per heavy atom. The molecule has 0 aliphatic rings. The van der Waals surface area contributed by atoms with Gasteiger partial charge in [-0.2, -0.15) is 0 Å². The number of hydrogen-bond donors (Lipinski definition) is 1. The van der Waals surface area contributed by atoms with Gasteiger partial charge in [0, 0.05) is 17.0 Å². The average molecular weight is 309 g/mol. The Morgan fingerprint density at radius 1 is 1.19 bits per heavy atom. The van der Waals surface area contributed by atoms with Crippen LogP contribution in [0.1, 0.15) is 32.8 Å². The van der Waals surface area contributed by atoms with Gasteiger partial charge in [0.2, 0.25) is 5.91 Å². The Morgan fingerprint density at radius 3 is 2.24 bits per heavy atom. The summed E-state index contributed by atoms with van der Waals surface area (Å²) in [5.41, 5.74) is 0.809. The van der Waals surface area contributed by atoms with Crippen LogP contribution in [0.15, 0.2) is 29.2 Å². The Labute approximate surface area is 130 Å². The average Bonchev–Trinajstić information content (AvgIpc) is 2.36. The van der Waals surface area contributed by atoms with Crippen LogP contribution in [0, 0.1) is 6.92 Å². The molecule has 1 rings (SSSR count). The van der Waals surface area contributed by atoms with Crippen LogP contribution in [0.5, 0.6) is 0 Å². The second kappa shape index (κ2) is 7.50. The number of carboxylic acid groups (broad SMARTS) is 1. The summed E-state index contributed by atoms with van der Waals surface area (Å²) in [6.45, 7) is 8.02. The van der Waals surface area contributed by atoms with Crippen molar-refractivity contribution >= 4 is 23.6 Å². The number of aryl methyl sites for hydroxylation is 1. The molecule has 5 heteroatoms. The van der Waals surface area contributed by atoms with Crippen LogP contribution in [0.3, 0.4) is 0 Å². The Balaban J connectivity index is 2.63. The molecule has 0 saturated carbocycles. The molecule has 1 amide bonds. The fraction of sp³-hybridized carbons (Fsp3) is 0.500. The highest BCUT2D eigenvalue weighted by atomic mass is 32.2. The molecule has 0 aliphatic heterocycles. The van der Waals surface area contributed by atoms with Crippen molar-refractivity contribution < 1.29 is 14.7 Å². The van der Waals surface area contributed by atoms with Crippen molar-refractivity contribution in [2.24, 2.45) is 0 Å². The van der Waals surface area contributed by atoms with E-state index >= 15 is 0 Å². The van der Waals surface area contributed by atoms with E-state index in [-0.39, 0.29) is 24.4 Å². The van der Waals surface area contributed by atoms with Crippen LogP contribution in [0.4, 0.5) is 0 Å². The molecular weight excluding hydrogens is 286 g/mol. The van der Waals surface area contributed by atoms with Gasteiger partial charge < -0.3 is 10.0 Å². The Hall–Kier alpha value is -1.49. The number of aliphatic carboxylic acids is 1. The topological polar surface area (TPSA) is 57.6 Å². The lowest BCUT2D eigenvalue weighted by Crippen LogP contribution is -2.47. The van der Waals surface area contributed by atoms with E-state index in [1.807, 2.05) is 52.0 Å². The summed E-state index contributed by atoms with van der Waals surface area (Å²) in [6.07, 6.45) is -0.0296. The summed E-state index contributed by atoms with van der Waals surface area (Å²) in [4.78, 5) is 25.8. The smallest absolute Gasteiger partial charge is 0.305 e. The zero-order valence-electron chi connectivity index (χ0n) is 13.0. The van der Waals surface area contributed by atoms with E-state index in [4.69, 9.17) is 5.11 Å². The molecule has 1 aromatic carbocycles. The molecule has 0 heterocycles. The van der Waals surface area contributed by atoms with Gasteiger partial charge in [0.1, 0.15) is 0 Å². The molecule has 1 aromatic rings. The number of amides is 1. The highest BCUT2D eigenvalue weighted by Gasteiger charge is 2.26. The van der Waals surface area contributed by atoms with Crippen LogP contribution in [-0.2, 0) is 9.59 Å². The largest absolute Gasteiger partial charge is 0.481 e. The molecule has 1 N–H and O–H groups in total. The third-order valence-electron chi connectivity index (χ3n) is 3.04. The number of thioether (sulfide) groups is 1. The highest BCUT2D eigenvalue weighted by molar-refractivity contribution is 8.00. The Kier molecular flexibility index (Phi) is 6.27. The predicted molar refractivity (Wildman–Crippen MR) is 85.6 cm³/mol. The third-order valence-corrected chi connectivity index (χ3v) is 4.04. The minimum absolute atomic E-state index is 0.0296. The lowest BCUT2D eigenvalue weighted by atomic mass is 10.1. The number of nitrogens with zero attached hydrogens (tertiary/aromatic N) is 1. The van der Waals surface area contributed by atoms with Crippen LogP contribution in [0.25, 0.3) is 0 Å². The molecule has 0 aliphatic carbocycles. The van der Waals surface area contributed by atoms with Gasteiger partial charge in [0.25, 0.3) is 0 Å². The highest BCUT2D eigenvalue weighted by Crippen LogP contribution is 2.21. The maximum atomic E-state index is 12.4. The van der Waals surface area contributed by atoms with Gasteiger partial charge in [0.15, 0.2) is 0 Å².